The fraction of sp³-hybridized carbons (Fsp3) is 0.588. The molecule has 0 aliphatic rings. The fourth-order valence-corrected chi connectivity index (χ4v) is 3.06. The number of nitrogens with one attached hydrogen (secondary N) is 1. The number of nitrogens with zero attached hydrogens (tertiary/aromatic N) is 1. The quantitative estimate of drug-likeness (QED) is 0.446. The molecule has 0 aliphatic carbocycles. The van der Waals surface area contributed by atoms with Crippen LogP contribution in [-0.2, 0) is 6.54 Å². The maximum absolute atomic E-state index is 13.7. The van der Waals surface area contributed by atoms with Gasteiger partial charge >= 0.3 is 0 Å². The Morgan fingerprint density at radius 3 is 2.43 bits per heavy atom. The molecule has 0 bridgehead atoms. The number of para-hydroxylation sites is 1. The summed E-state index contributed by atoms with van der Waals surface area (Å²) in [6.45, 7) is 3.12. The van der Waals surface area contributed by atoms with Gasteiger partial charge in [-0.05, 0) is 30.8 Å². The number of fused-ring (bicyclic) bond motifs is 1. The van der Waals surface area contributed by atoms with Crippen molar-refractivity contribution < 1.29 is 4.39 Å². The Morgan fingerprint density at radius 2 is 1.71 bits per heavy atom. The molecule has 1 heterocycles. The summed E-state index contributed by atoms with van der Waals surface area (Å²) in [6.07, 6.45) is 10.3. The molecule has 0 saturated carbocycles. The number of unbranched alkanes of at least 4 members (excludes halogenated alkanes) is 7. The molecule has 116 valence electrons. The molecule has 0 atom stereocenters. The van der Waals surface area contributed by atoms with E-state index < -0.39 is 0 Å². The molecular formula is C17H25FN2S. The molecule has 1 aromatic carbocycles. The van der Waals surface area contributed by atoms with E-state index in [1.165, 1.54) is 51.0 Å². The highest BCUT2D eigenvalue weighted by atomic mass is 32.1. The van der Waals surface area contributed by atoms with E-state index in [0.717, 1.165) is 18.5 Å². The van der Waals surface area contributed by atoms with Crippen molar-refractivity contribution in [3.63, 3.8) is 0 Å². The van der Waals surface area contributed by atoms with Crippen LogP contribution in [0.15, 0.2) is 18.2 Å². The predicted molar refractivity (Wildman–Crippen MR) is 89.7 cm³/mol. The molecule has 0 amide bonds. The maximum atomic E-state index is 13.7. The first-order chi connectivity index (χ1) is 10.2. The van der Waals surface area contributed by atoms with Gasteiger partial charge in [0.05, 0.1) is 5.52 Å². The topological polar surface area (TPSA) is 20.7 Å². The zero-order valence-corrected chi connectivity index (χ0v) is 13.6. The van der Waals surface area contributed by atoms with Crippen LogP contribution in [-0.4, -0.2) is 9.55 Å². The van der Waals surface area contributed by atoms with E-state index in [4.69, 9.17) is 12.2 Å². The smallest absolute Gasteiger partial charge is 0.178 e. The van der Waals surface area contributed by atoms with Gasteiger partial charge in [-0.15, -0.1) is 0 Å². The first-order valence-corrected chi connectivity index (χ1v) is 8.52. The van der Waals surface area contributed by atoms with Gasteiger partial charge in [-0.1, -0.05) is 57.9 Å². The van der Waals surface area contributed by atoms with E-state index in [9.17, 15) is 4.39 Å². The van der Waals surface area contributed by atoms with E-state index in [-0.39, 0.29) is 5.82 Å². The van der Waals surface area contributed by atoms with Gasteiger partial charge < -0.3 is 9.55 Å². The molecule has 2 rings (SSSR count). The third-order valence-corrected chi connectivity index (χ3v) is 4.32. The summed E-state index contributed by atoms with van der Waals surface area (Å²) in [6, 6.07) is 5.13. The summed E-state index contributed by atoms with van der Waals surface area (Å²) < 4.78 is 16.3. The second-order valence-electron chi connectivity index (χ2n) is 5.69. The van der Waals surface area contributed by atoms with Gasteiger partial charge in [-0.25, -0.2) is 4.39 Å². The number of aryl methyl sites for hydroxylation is 1. The van der Waals surface area contributed by atoms with Crippen LogP contribution in [0.2, 0.25) is 0 Å². The number of H-pyrrole nitrogens is 1. The standard InChI is InChI=1S/C17H25FN2S/c1-2-3-4-5-6-7-8-9-13-20-15-12-10-11-14(18)16(15)19-17(20)21/h10-12H,2-9,13H2,1H3,(H,19,21). The van der Waals surface area contributed by atoms with Crippen LogP contribution in [0, 0.1) is 10.6 Å². The molecule has 2 aromatic rings. The van der Waals surface area contributed by atoms with E-state index in [2.05, 4.69) is 11.9 Å². The number of aromatic amines is 1. The maximum Gasteiger partial charge on any atom is 0.178 e. The van der Waals surface area contributed by atoms with Crippen molar-refractivity contribution in [3.8, 4) is 0 Å². The summed E-state index contributed by atoms with van der Waals surface area (Å²) in [5.74, 6) is -0.228. The lowest BCUT2D eigenvalue weighted by Crippen LogP contribution is -1.98. The Kier molecular flexibility index (Phi) is 6.43. The van der Waals surface area contributed by atoms with Crippen LogP contribution in [0.25, 0.3) is 11.0 Å². The number of hydrogen-bond donors (Lipinski definition) is 1. The van der Waals surface area contributed by atoms with Gasteiger partial charge in [-0.3, -0.25) is 0 Å². The van der Waals surface area contributed by atoms with Crippen molar-refractivity contribution in [1.29, 1.82) is 0 Å². The van der Waals surface area contributed by atoms with Crippen LogP contribution < -0.4 is 0 Å². The number of hydrogen-bond acceptors (Lipinski definition) is 1. The van der Waals surface area contributed by atoms with Crippen LogP contribution in [0.5, 0.6) is 0 Å². The lowest BCUT2D eigenvalue weighted by atomic mass is 10.1. The third-order valence-electron chi connectivity index (χ3n) is 3.99. The Hall–Kier alpha value is -1.16. The van der Waals surface area contributed by atoms with E-state index >= 15 is 0 Å². The Morgan fingerprint density at radius 1 is 1.05 bits per heavy atom. The fourth-order valence-electron chi connectivity index (χ4n) is 2.77. The first-order valence-electron chi connectivity index (χ1n) is 8.11. The molecule has 0 radical (unpaired) electrons. The largest absolute Gasteiger partial charge is 0.328 e. The minimum atomic E-state index is -0.228. The molecule has 0 spiro atoms. The first kappa shape index (κ1) is 16.2. The Balaban J connectivity index is 1.80. The van der Waals surface area contributed by atoms with Crippen LogP contribution in [0.1, 0.15) is 58.3 Å². The minimum Gasteiger partial charge on any atom is -0.328 e. The molecule has 0 saturated heterocycles. The van der Waals surface area contributed by atoms with Crippen molar-refractivity contribution >= 4 is 23.3 Å². The van der Waals surface area contributed by atoms with Gasteiger partial charge in [0, 0.05) is 6.54 Å². The molecule has 4 heteroatoms. The molecule has 21 heavy (non-hydrogen) atoms. The van der Waals surface area contributed by atoms with E-state index in [0.29, 0.717) is 10.3 Å². The van der Waals surface area contributed by atoms with Gasteiger partial charge in [0.15, 0.2) is 4.77 Å². The van der Waals surface area contributed by atoms with Gasteiger partial charge in [0.25, 0.3) is 0 Å². The Bertz CT molecular complexity index is 615. The van der Waals surface area contributed by atoms with Crippen LogP contribution >= 0.6 is 12.2 Å². The highest BCUT2D eigenvalue weighted by molar-refractivity contribution is 7.71. The average Bonchev–Trinajstić information content (AvgIpc) is 2.80. The molecular weight excluding hydrogens is 283 g/mol. The van der Waals surface area contributed by atoms with Crippen molar-refractivity contribution in [1.82, 2.24) is 9.55 Å². The minimum absolute atomic E-state index is 0.228. The molecule has 0 unspecified atom stereocenters. The number of imidazole rings is 1. The highest BCUT2D eigenvalue weighted by Crippen LogP contribution is 2.18. The van der Waals surface area contributed by atoms with E-state index in [1.807, 2.05) is 10.6 Å². The van der Waals surface area contributed by atoms with Gasteiger partial charge in [0.1, 0.15) is 11.3 Å². The number of benzene rings is 1. The normalized spacial score (nSPS) is 11.3. The summed E-state index contributed by atoms with van der Waals surface area (Å²) in [5.41, 5.74) is 1.41. The van der Waals surface area contributed by atoms with E-state index in [1.54, 1.807) is 6.07 Å². The molecule has 1 aromatic heterocycles. The van der Waals surface area contributed by atoms with Crippen molar-refractivity contribution in [2.75, 3.05) is 0 Å². The number of rotatable bonds is 9. The average molecular weight is 308 g/mol. The monoisotopic (exact) mass is 308 g/mol. The third kappa shape index (κ3) is 4.40. The van der Waals surface area contributed by atoms with Crippen LogP contribution in [0.4, 0.5) is 4.39 Å². The zero-order valence-electron chi connectivity index (χ0n) is 12.8. The summed E-state index contributed by atoms with van der Waals surface area (Å²) in [7, 11) is 0. The van der Waals surface area contributed by atoms with Crippen molar-refractivity contribution in [2.45, 2.75) is 64.8 Å². The second-order valence-corrected chi connectivity index (χ2v) is 6.08. The molecule has 0 fully saturated rings. The molecule has 1 N–H and O–H groups in total. The van der Waals surface area contributed by atoms with Gasteiger partial charge in [-0.2, -0.15) is 0 Å². The summed E-state index contributed by atoms with van der Waals surface area (Å²) >= 11 is 5.30. The molecule has 2 nitrogen and oxygen atoms in total. The Labute approximate surface area is 131 Å². The summed E-state index contributed by atoms with van der Waals surface area (Å²) in [5, 5.41) is 0. The lowest BCUT2D eigenvalue weighted by Gasteiger charge is -2.05. The number of aromatic nitrogens is 2. The van der Waals surface area contributed by atoms with Crippen molar-refractivity contribution in [2.24, 2.45) is 0 Å². The number of halogens is 1. The second kappa shape index (κ2) is 8.32. The highest BCUT2D eigenvalue weighted by Gasteiger charge is 2.07. The molecule has 0 aliphatic heterocycles. The predicted octanol–water partition coefficient (Wildman–Crippen LogP) is 5.98. The van der Waals surface area contributed by atoms with Crippen molar-refractivity contribution in [3.05, 3.63) is 28.8 Å². The van der Waals surface area contributed by atoms with Gasteiger partial charge in [0.2, 0.25) is 0 Å². The zero-order chi connectivity index (χ0) is 15.1. The summed E-state index contributed by atoms with van der Waals surface area (Å²) in [4.78, 5) is 2.97. The SMILES string of the molecule is CCCCCCCCCCn1c(=S)[nH]c2c(F)cccc21. The lowest BCUT2D eigenvalue weighted by molar-refractivity contribution is 0.546. The van der Waals surface area contributed by atoms with Crippen LogP contribution in [0.3, 0.4) is 0 Å².